The topological polar surface area (TPSA) is 133 Å². The average Bonchev–Trinajstić information content (AvgIpc) is 3.64. The fourth-order valence-corrected chi connectivity index (χ4v) is 4.17. The minimum atomic E-state index is -0.699. The van der Waals surface area contributed by atoms with Gasteiger partial charge in [0.25, 0.3) is 17.7 Å². The van der Waals surface area contributed by atoms with Gasteiger partial charge in [-0.1, -0.05) is 24.8 Å². The number of ether oxygens (including phenoxy) is 1. The molecule has 0 saturated carbocycles. The number of carbonyl (C=O) groups is 3. The maximum absolute atomic E-state index is 12.6. The summed E-state index contributed by atoms with van der Waals surface area (Å²) in [7, 11) is 0. The Balaban J connectivity index is 1.12. The molecule has 182 valence electrons. The van der Waals surface area contributed by atoms with Crippen LogP contribution in [-0.2, 0) is 14.3 Å². The van der Waals surface area contributed by atoms with Crippen LogP contribution < -0.4 is 4.90 Å². The molecule has 1 saturated heterocycles. The molecule has 2 amide bonds. The van der Waals surface area contributed by atoms with E-state index in [1.165, 1.54) is 11.2 Å². The lowest BCUT2D eigenvalue weighted by molar-refractivity contribution is -0.152. The van der Waals surface area contributed by atoms with Gasteiger partial charge in [0, 0.05) is 43.0 Å². The average molecular weight is 487 g/mol. The predicted octanol–water partition coefficient (Wildman–Crippen LogP) is 2.12. The first kappa shape index (κ1) is 22.9. The highest BCUT2D eigenvalue weighted by atomic mass is 16.5. The zero-order chi connectivity index (χ0) is 25.2. The number of oxazole rings is 1. The summed E-state index contributed by atoms with van der Waals surface area (Å²) < 4.78 is 16.2. The molecule has 0 spiro atoms. The van der Waals surface area contributed by atoms with E-state index < -0.39 is 12.6 Å². The lowest BCUT2D eigenvalue weighted by atomic mass is 10.1. The van der Waals surface area contributed by atoms with Crippen molar-refractivity contribution < 1.29 is 28.0 Å². The number of nitrogens with zero attached hydrogens (tertiary/aromatic N) is 5. The third-order valence-corrected chi connectivity index (χ3v) is 6.05. The number of nitriles is 1. The molecule has 11 nitrogen and oxygen atoms in total. The van der Waals surface area contributed by atoms with Crippen molar-refractivity contribution in [3.63, 3.8) is 0 Å². The lowest BCUT2D eigenvalue weighted by Gasteiger charge is -2.34. The second-order valence-corrected chi connectivity index (χ2v) is 8.17. The Bertz CT molecular complexity index is 1340. The molecule has 1 fully saturated rings. The number of carbonyl (C=O) groups excluding carboxylic acids is 3. The maximum Gasteiger partial charge on any atom is 0.326 e. The molecule has 3 aromatic rings. The summed E-state index contributed by atoms with van der Waals surface area (Å²) in [6.45, 7) is 4.62. The van der Waals surface area contributed by atoms with Crippen LogP contribution in [0.25, 0.3) is 17.3 Å². The van der Waals surface area contributed by atoms with Gasteiger partial charge in [-0.15, -0.1) is 0 Å². The number of aromatic nitrogens is 1. The first-order valence-electron chi connectivity index (χ1n) is 11.2. The van der Waals surface area contributed by atoms with Crippen LogP contribution in [0.15, 0.2) is 58.1 Å². The smallest absolute Gasteiger partial charge is 0.326 e. The highest BCUT2D eigenvalue weighted by molar-refractivity contribution is 6.10. The van der Waals surface area contributed by atoms with Crippen LogP contribution in [0.4, 0.5) is 5.88 Å². The summed E-state index contributed by atoms with van der Waals surface area (Å²) in [5.41, 5.74) is 1.71. The van der Waals surface area contributed by atoms with Gasteiger partial charge in [-0.25, -0.2) is 0 Å². The molecule has 0 radical (unpaired) electrons. The van der Waals surface area contributed by atoms with Crippen molar-refractivity contribution in [3.05, 3.63) is 66.1 Å². The van der Waals surface area contributed by atoms with Crippen molar-refractivity contribution in [1.82, 2.24) is 14.8 Å². The Hall–Kier alpha value is -4.85. The van der Waals surface area contributed by atoms with Crippen LogP contribution in [0.5, 0.6) is 0 Å². The van der Waals surface area contributed by atoms with Gasteiger partial charge in [0.05, 0.1) is 6.26 Å². The third kappa shape index (κ3) is 4.20. The molecule has 0 unspecified atom stereocenters. The number of amides is 2. The highest BCUT2D eigenvalue weighted by Crippen LogP contribution is 2.31. The first-order valence-corrected chi connectivity index (χ1v) is 11.2. The van der Waals surface area contributed by atoms with Crippen molar-refractivity contribution in [2.45, 2.75) is 0 Å². The van der Waals surface area contributed by atoms with Gasteiger partial charge >= 0.3 is 5.97 Å². The minimum Gasteiger partial charge on any atom is -0.459 e. The van der Waals surface area contributed by atoms with E-state index in [2.05, 4.69) is 11.6 Å². The van der Waals surface area contributed by atoms with E-state index >= 15 is 0 Å². The van der Waals surface area contributed by atoms with Gasteiger partial charge in [0.2, 0.25) is 11.6 Å². The van der Waals surface area contributed by atoms with Crippen LogP contribution in [0, 0.1) is 11.3 Å². The SMILES string of the molecule is C=C1c2ccccc2C(=O)N1CC(=O)OCC(=O)N1CCN(c2oc(-c3ccco3)nc2C#N)CC1. The van der Waals surface area contributed by atoms with E-state index in [1.54, 1.807) is 41.3 Å². The Morgan fingerprint density at radius 2 is 1.86 bits per heavy atom. The predicted molar refractivity (Wildman–Crippen MR) is 125 cm³/mol. The second kappa shape index (κ2) is 9.42. The summed E-state index contributed by atoms with van der Waals surface area (Å²) >= 11 is 0. The van der Waals surface area contributed by atoms with Crippen LogP contribution in [0.2, 0.25) is 0 Å². The zero-order valence-electron chi connectivity index (χ0n) is 19.2. The van der Waals surface area contributed by atoms with E-state index in [0.717, 1.165) is 0 Å². The van der Waals surface area contributed by atoms with E-state index in [4.69, 9.17) is 13.6 Å². The van der Waals surface area contributed by atoms with Gasteiger partial charge in [-0.05, 0) is 18.2 Å². The monoisotopic (exact) mass is 487 g/mol. The molecule has 5 rings (SSSR count). The van der Waals surface area contributed by atoms with Crippen LogP contribution >= 0.6 is 0 Å². The van der Waals surface area contributed by atoms with Crippen LogP contribution in [0.1, 0.15) is 21.6 Å². The molecule has 4 heterocycles. The fraction of sp³-hybridized carbons (Fsp3) is 0.240. The van der Waals surface area contributed by atoms with E-state index in [-0.39, 0.29) is 29.9 Å². The van der Waals surface area contributed by atoms with E-state index in [9.17, 15) is 19.6 Å². The quantitative estimate of drug-likeness (QED) is 0.479. The largest absolute Gasteiger partial charge is 0.459 e. The molecule has 0 N–H and O–H groups in total. The second-order valence-electron chi connectivity index (χ2n) is 8.17. The molecule has 0 aliphatic carbocycles. The van der Waals surface area contributed by atoms with Crippen LogP contribution in [0.3, 0.4) is 0 Å². The van der Waals surface area contributed by atoms with Crippen molar-refractivity contribution in [2.75, 3.05) is 44.2 Å². The number of rotatable bonds is 6. The molecule has 2 aliphatic rings. The first-order chi connectivity index (χ1) is 17.5. The minimum absolute atomic E-state index is 0.135. The number of fused-ring (bicyclic) bond motifs is 1. The zero-order valence-corrected chi connectivity index (χ0v) is 19.2. The molecular formula is C25H21N5O6. The van der Waals surface area contributed by atoms with Gasteiger partial charge in [-0.3, -0.25) is 19.3 Å². The van der Waals surface area contributed by atoms with Gasteiger partial charge < -0.3 is 23.4 Å². The van der Waals surface area contributed by atoms with Crippen molar-refractivity contribution in [1.29, 1.82) is 5.26 Å². The van der Waals surface area contributed by atoms with Gasteiger partial charge in [0.1, 0.15) is 12.6 Å². The van der Waals surface area contributed by atoms with Gasteiger partial charge in [0.15, 0.2) is 12.4 Å². The Morgan fingerprint density at radius 1 is 1.11 bits per heavy atom. The molecule has 2 aromatic heterocycles. The molecular weight excluding hydrogens is 466 g/mol. The highest BCUT2D eigenvalue weighted by Gasteiger charge is 2.33. The van der Waals surface area contributed by atoms with E-state index in [1.807, 2.05) is 11.0 Å². The summed E-state index contributed by atoms with van der Waals surface area (Å²) in [6.07, 6.45) is 1.49. The molecule has 36 heavy (non-hydrogen) atoms. The van der Waals surface area contributed by atoms with Crippen molar-refractivity contribution in [3.8, 4) is 17.7 Å². The molecule has 0 atom stereocenters. The van der Waals surface area contributed by atoms with Crippen LogP contribution in [-0.4, -0.2) is 71.9 Å². The third-order valence-electron chi connectivity index (χ3n) is 6.05. The Morgan fingerprint density at radius 3 is 2.53 bits per heavy atom. The number of furan rings is 1. The number of piperazine rings is 1. The van der Waals surface area contributed by atoms with E-state index in [0.29, 0.717) is 54.6 Å². The summed E-state index contributed by atoms with van der Waals surface area (Å²) in [4.78, 5) is 46.3. The van der Waals surface area contributed by atoms with Gasteiger partial charge in [-0.2, -0.15) is 10.2 Å². The summed E-state index contributed by atoms with van der Waals surface area (Å²) in [6, 6.07) is 12.4. The molecule has 1 aromatic carbocycles. The normalized spacial score (nSPS) is 15.1. The fourth-order valence-electron chi connectivity index (χ4n) is 4.17. The molecule has 0 bridgehead atoms. The lowest BCUT2D eigenvalue weighted by Crippen LogP contribution is -2.50. The standard InChI is InChI=1S/C25H21N5O6/c1-16-17-5-2-3-6-18(17)24(33)30(16)14-22(32)35-15-21(31)28-8-10-29(11-9-28)25-19(13-26)27-23(36-25)20-7-4-12-34-20/h2-7,12H,1,8-11,14-15H2. The number of anilines is 1. The summed E-state index contributed by atoms with van der Waals surface area (Å²) in [5, 5.41) is 9.44. The Labute approximate surface area is 205 Å². The van der Waals surface area contributed by atoms with Crippen molar-refractivity contribution >= 4 is 29.4 Å². The number of esters is 1. The number of benzene rings is 1. The molecule has 2 aliphatic heterocycles. The number of hydrogen-bond donors (Lipinski definition) is 0. The Kier molecular flexibility index (Phi) is 6.00. The number of hydrogen-bond acceptors (Lipinski definition) is 9. The summed E-state index contributed by atoms with van der Waals surface area (Å²) in [5.74, 6) is -0.439. The van der Waals surface area contributed by atoms with Crippen molar-refractivity contribution in [2.24, 2.45) is 0 Å². The molecule has 11 heteroatoms. The maximum atomic E-state index is 12.6.